The number of benzene rings is 1. The Bertz CT molecular complexity index is 1220. The summed E-state index contributed by atoms with van der Waals surface area (Å²) in [6.45, 7) is 7.86. The van der Waals surface area contributed by atoms with Crippen molar-refractivity contribution >= 4 is 35.0 Å². The highest BCUT2D eigenvalue weighted by Crippen LogP contribution is 2.38. The zero-order valence-electron chi connectivity index (χ0n) is 24.4. The molecule has 1 aliphatic heterocycles. The van der Waals surface area contributed by atoms with E-state index in [4.69, 9.17) is 11.5 Å². The molecule has 224 valence electrons. The highest BCUT2D eigenvalue weighted by Gasteiger charge is 2.47. The summed E-state index contributed by atoms with van der Waals surface area (Å²) in [7, 11) is 0. The van der Waals surface area contributed by atoms with Crippen LogP contribution < -0.4 is 16.8 Å². The molecule has 0 bridgehead atoms. The normalized spacial score (nSPS) is 18.6. The third-order valence-corrected chi connectivity index (χ3v) is 8.68. The second-order valence-electron chi connectivity index (χ2n) is 12.0. The van der Waals surface area contributed by atoms with Crippen LogP contribution in [0.4, 0.5) is 0 Å². The lowest BCUT2D eigenvalue weighted by atomic mass is 9.70. The maximum atomic E-state index is 14.0. The molecule has 2 heterocycles. The van der Waals surface area contributed by atoms with Gasteiger partial charge in [0.1, 0.15) is 6.04 Å². The van der Waals surface area contributed by atoms with Crippen molar-refractivity contribution in [1.82, 2.24) is 15.2 Å². The first kappa shape index (κ1) is 32.2. The molecule has 6 N–H and O–H groups in total. The topological polar surface area (TPSA) is 169 Å². The van der Waals surface area contributed by atoms with Crippen molar-refractivity contribution in [2.24, 2.45) is 28.7 Å². The van der Waals surface area contributed by atoms with E-state index in [9.17, 15) is 24.3 Å². The molecule has 0 spiro atoms. The molecule has 10 nitrogen and oxygen atoms in total. The lowest BCUT2D eigenvalue weighted by Crippen LogP contribution is -2.52. The zero-order chi connectivity index (χ0) is 30.3. The van der Waals surface area contributed by atoms with Crippen molar-refractivity contribution in [1.29, 1.82) is 0 Å². The van der Waals surface area contributed by atoms with Gasteiger partial charge < -0.3 is 26.8 Å². The quantitative estimate of drug-likeness (QED) is 0.264. The second kappa shape index (κ2) is 14.0. The van der Waals surface area contributed by atoms with E-state index in [1.165, 1.54) is 4.90 Å². The first-order valence-corrected chi connectivity index (χ1v) is 15.0. The summed E-state index contributed by atoms with van der Waals surface area (Å²) in [5.41, 5.74) is 15.1. The van der Waals surface area contributed by atoms with Crippen molar-refractivity contribution in [3.8, 4) is 10.4 Å². The van der Waals surface area contributed by atoms with Crippen LogP contribution in [0.2, 0.25) is 0 Å². The van der Waals surface area contributed by atoms with Gasteiger partial charge in [-0.1, -0.05) is 57.9 Å². The Labute approximate surface area is 245 Å². The van der Waals surface area contributed by atoms with Crippen LogP contribution in [0.15, 0.2) is 29.8 Å². The first-order chi connectivity index (χ1) is 19.3. The molecule has 0 radical (unpaired) electrons. The third-order valence-electron chi connectivity index (χ3n) is 7.70. The predicted molar refractivity (Wildman–Crippen MR) is 158 cm³/mol. The molecule has 4 atom stereocenters. The lowest BCUT2D eigenvalue weighted by Gasteiger charge is -2.38. The Hall–Kier alpha value is -3.31. The minimum absolute atomic E-state index is 0.0104. The van der Waals surface area contributed by atoms with E-state index in [1.54, 1.807) is 11.3 Å². The molecule has 11 heteroatoms. The fourth-order valence-corrected chi connectivity index (χ4v) is 6.42. The number of primary amides is 2. The number of aliphatic hydroxyl groups excluding tert-OH is 1. The molecule has 4 amide bonds. The highest BCUT2D eigenvalue weighted by atomic mass is 32.1. The highest BCUT2D eigenvalue weighted by molar-refractivity contribution is 7.13. The molecule has 0 saturated carbocycles. The van der Waals surface area contributed by atoms with Crippen LogP contribution in [0, 0.1) is 24.2 Å². The van der Waals surface area contributed by atoms with Crippen LogP contribution in [0.1, 0.15) is 70.6 Å². The van der Waals surface area contributed by atoms with Crippen molar-refractivity contribution < 1.29 is 24.3 Å². The van der Waals surface area contributed by atoms with Gasteiger partial charge in [-0.15, -0.1) is 11.3 Å². The van der Waals surface area contributed by atoms with E-state index in [-0.39, 0.29) is 43.7 Å². The number of aromatic nitrogens is 1. The number of nitrogens with one attached hydrogen (secondary N) is 1. The van der Waals surface area contributed by atoms with E-state index in [1.807, 2.05) is 57.5 Å². The molecule has 1 aromatic carbocycles. The van der Waals surface area contributed by atoms with E-state index in [2.05, 4.69) is 10.3 Å². The van der Waals surface area contributed by atoms with Gasteiger partial charge in [-0.05, 0) is 36.3 Å². The van der Waals surface area contributed by atoms with Crippen LogP contribution >= 0.6 is 11.3 Å². The number of rotatable bonds is 13. The molecule has 1 aromatic heterocycles. The average Bonchev–Trinajstić information content (AvgIpc) is 3.50. The molecule has 1 saturated heterocycles. The zero-order valence-corrected chi connectivity index (χ0v) is 25.2. The van der Waals surface area contributed by atoms with Gasteiger partial charge in [-0.25, -0.2) is 4.98 Å². The fraction of sp³-hybridized carbons (Fsp3) is 0.567. The van der Waals surface area contributed by atoms with Gasteiger partial charge in [-0.3, -0.25) is 19.2 Å². The predicted octanol–water partition coefficient (Wildman–Crippen LogP) is 2.90. The Morgan fingerprint density at radius 1 is 1.12 bits per heavy atom. The van der Waals surface area contributed by atoms with Crippen molar-refractivity contribution in [3.63, 3.8) is 0 Å². The van der Waals surface area contributed by atoms with Gasteiger partial charge in [0.15, 0.2) is 0 Å². The number of likely N-dealkylation sites (tertiary alicyclic amines) is 1. The number of nitrogens with zero attached hydrogens (tertiary/aromatic N) is 2. The summed E-state index contributed by atoms with van der Waals surface area (Å²) in [6, 6.07) is 7.01. The van der Waals surface area contributed by atoms with Gasteiger partial charge in [0.25, 0.3) is 0 Å². The van der Waals surface area contributed by atoms with Crippen molar-refractivity contribution in [2.75, 3.05) is 6.54 Å². The molecular formula is C30H43N5O5S. The van der Waals surface area contributed by atoms with Gasteiger partial charge in [-0.2, -0.15) is 0 Å². The summed E-state index contributed by atoms with van der Waals surface area (Å²) in [4.78, 5) is 57.7. The van der Waals surface area contributed by atoms with E-state index >= 15 is 0 Å². The number of aryl methyl sites for hydroxylation is 1. The van der Waals surface area contributed by atoms with Crippen LogP contribution in [0.3, 0.4) is 0 Å². The minimum Gasteiger partial charge on any atom is -0.391 e. The Kier molecular flexibility index (Phi) is 11.0. The molecule has 1 fully saturated rings. The standard InChI is InChI=1S/C30H43N5O5S/c1-18-26(41-17-34-18)20-12-10-19(11-13-20)15-33-28(39)23-14-21(36)16-35(23)29(40)25(30(2,3)4)22(27(32)38)8-6-5-7-9-24(31)37/h10-13,17,21-23,25,36H,5-9,14-16H2,1-4H3,(H2,31,37)(H2,32,38)(H,33,39)/t21-,22?,23+,25?/m1/s1. The number of hydrogen-bond acceptors (Lipinski definition) is 7. The maximum absolute atomic E-state index is 14.0. The average molecular weight is 586 g/mol. The Morgan fingerprint density at radius 2 is 1.80 bits per heavy atom. The van der Waals surface area contributed by atoms with E-state index < -0.39 is 35.3 Å². The fourth-order valence-electron chi connectivity index (χ4n) is 5.60. The van der Waals surface area contributed by atoms with Crippen LogP contribution in [-0.4, -0.2) is 57.3 Å². The molecule has 2 unspecified atom stereocenters. The summed E-state index contributed by atoms with van der Waals surface area (Å²) in [6.07, 6.45) is 1.80. The minimum atomic E-state index is -0.856. The smallest absolute Gasteiger partial charge is 0.243 e. The molecule has 2 aromatic rings. The van der Waals surface area contributed by atoms with Crippen LogP contribution in [0.5, 0.6) is 0 Å². The summed E-state index contributed by atoms with van der Waals surface area (Å²) in [5.74, 6) is -3.20. The van der Waals surface area contributed by atoms with Gasteiger partial charge >= 0.3 is 0 Å². The number of carbonyl (C=O) groups excluding carboxylic acids is 4. The number of aliphatic hydroxyl groups is 1. The van der Waals surface area contributed by atoms with Crippen LogP contribution in [0.25, 0.3) is 10.4 Å². The number of unbranched alkanes of at least 4 members (excludes halogenated alkanes) is 2. The molecular weight excluding hydrogens is 542 g/mol. The van der Waals surface area contributed by atoms with Crippen molar-refractivity contribution in [2.45, 2.75) is 84.9 Å². The third kappa shape index (κ3) is 8.59. The van der Waals surface area contributed by atoms with Crippen LogP contribution in [-0.2, 0) is 25.7 Å². The van der Waals surface area contributed by atoms with E-state index in [0.29, 0.717) is 25.7 Å². The molecule has 0 aliphatic carbocycles. The summed E-state index contributed by atoms with van der Waals surface area (Å²) < 4.78 is 0. The number of hydrogen-bond donors (Lipinski definition) is 4. The summed E-state index contributed by atoms with van der Waals surface area (Å²) in [5, 5.41) is 13.4. The first-order valence-electron chi connectivity index (χ1n) is 14.1. The molecule has 41 heavy (non-hydrogen) atoms. The molecule has 3 rings (SSSR count). The number of thiazole rings is 1. The molecule has 1 aliphatic rings. The Morgan fingerprint density at radius 3 is 2.37 bits per heavy atom. The lowest BCUT2D eigenvalue weighted by molar-refractivity contribution is -0.149. The SMILES string of the molecule is Cc1ncsc1-c1ccc(CNC(=O)[C@@H]2C[C@@H](O)CN2C(=O)C(C(CCCCCC(N)=O)C(N)=O)C(C)(C)C)cc1. The summed E-state index contributed by atoms with van der Waals surface area (Å²) >= 11 is 1.57. The van der Waals surface area contributed by atoms with Crippen molar-refractivity contribution in [3.05, 3.63) is 41.0 Å². The Balaban J connectivity index is 1.69. The monoisotopic (exact) mass is 585 g/mol. The van der Waals surface area contributed by atoms with Gasteiger partial charge in [0, 0.05) is 31.8 Å². The largest absolute Gasteiger partial charge is 0.391 e. The maximum Gasteiger partial charge on any atom is 0.243 e. The second-order valence-corrected chi connectivity index (χ2v) is 12.9. The number of β-amino-alcohol motifs (C(OH)–C–C–N with tert-alkyl or cyclic N) is 1. The van der Waals surface area contributed by atoms with Gasteiger partial charge in [0.05, 0.1) is 28.1 Å². The van der Waals surface area contributed by atoms with Gasteiger partial charge in [0.2, 0.25) is 23.6 Å². The number of amides is 4. The van der Waals surface area contributed by atoms with E-state index in [0.717, 1.165) is 21.7 Å². The number of nitrogens with two attached hydrogens (primary N) is 2. The number of carbonyl (C=O) groups is 4.